The third kappa shape index (κ3) is 4.71. The van der Waals surface area contributed by atoms with Crippen molar-refractivity contribution in [1.29, 1.82) is 0 Å². The van der Waals surface area contributed by atoms with E-state index >= 15 is 0 Å². The number of amides is 2. The second-order valence-electron chi connectivity index (χ2n) is 7.13. The zero-order valence-corrected chi connectivity index (χ0v) is 17.0. The smallest absolute Gasteiger partial charge is 0.255 e. The Balaban J connectivity index is 1.44. The highest BCUT2D eigenvalue weighted by atomic mass is 32.1. The Morgan fingerprint density at radius 1 is 0.966 bits per heavy atom. The predicted octanol–water partition coefficient (Wildman–Crippen LogP) is 4.62. The van der Waals surface area contributed by atoms with E-state index in [1.165, 1.54) is 17.8 Å². The fraction of sp³-hybridized carbons (Fsp3) is 0.261. The van der Waals surface area contributed by atoms with Crippen LogP contribution in [-0.4, -0.2) is 34.8 Å². The Hall–Kier alpha value is -2.99. The second-order valence-corrected chi connectivity index (χ2v) is 7.99. The third-order valence-electron chi connectivity index (χ3n) is 4.99. The van der Waals surface area contributed by atoms with Gasteiger partial charge in [-0.1, -0.05) is 42.5 Å². The van der Waals surface area contributed by atoms with Gasteiger partial charge in [0.1, 0.15) is 5.01 Å². The van der Waals surface area contributed by atoms with Crippen LogP contribution in [0.5, 0.6) is 0 Å². The number of nitrogens with one attached hydrogen (secondary N) is 1. The van der Waals surface area contributed by atoms with Gasteiger partial charge in [-0.2, -0.15) is 0 Å². The summed E-state index contributed by atoms with van der Waals surface area (Å²) in [6, 6.07) is 17.1. The van der Waals surface area contributed by atoms with E-state index in [4.69, 9.17) is 0 Å². The van der Waals surface area contributed by atoms with Crippen LogP contribution in [0.15, 0.2) is 60.0 Å². The first-order chi connectivity index (χ1) is 14.2. The van der Waals surface area contributed by atoms with Crippen molar-refractivity contribution in [2.24, 2.45) is 0 Å². The predicted molar refractivity (Wildman–Crippen MR) is 116 cm³/mol. The molecule has 0 unspecified atom stereocenters. The van der Waals surface area contributed by atoms with Gasteiger partial charge in [-0.15, -0.1) is 11.3 Å². The number of rotatable bonds is 5. The van der Waals surface area contributed by atoms with E-state index < -0.39 is 0 Å². The maximum atomic E-state index is 12.9. The Morgan fingerprint density at radius 3 is 2.48 bits per heavy atom. The van der Waals surface area contributed by atoms with Crippen LogP contribution in [0.25, 0.3) is 10.6 Å². The van der Waals surface area contributed by atoms with Crippen LogP contribution in [0, 0.1) is 0 Å². The number of nitrogens with zero attached hydrogens (tertiary/aromatic N) is 2. The van der Waals surface area contributed by atoms with Gasteiger partial charge in [0.2, 0.25) is 5.91 Å². The van der Waals surface area contributed by atoms with Gasteiger partial charge in [0, 0.05) is 24.0 Å². The van der Waals surface area contributed by atoms with Crippen LogP contribution < -0.4 is 5.32 Å². The summed E-state index contributed by atoms with van der Waals surface area (Å²) in [5.74, 6) is -0.186. The first-order valence-corrected chi connectivity index (χ1v) is 10.8. The van der Waals surface area contributed by atoms with Crippen LogP contribution in [0.4, 0.5) is 5.69 Å². The van der Waals surface area contributed by atoms with Crippen molar-refractivity contribution in [3.63, 3.8) is 0 Å². The van der Waals surface area contributed by atoms with E-state index in [1.807, 2.05) is 52.7 Å². The van der Waals surface area contributed by atoms with E-state index in [0.717, 1.165) is 42.2 Å². The molecule has 148 valence electrons. The molecule has 1 fully saturated rings. The third-order valence-corrected chi connectivity index (χ3v) is 5.93. The van der Waals surface area contributed by atoms with Crippen LogP contribution in [0.1, 0.15) is 35.3 Å². The van der Waals surface area contributed by atoms with Crippen molar-refractivity contribution in [2.45, 2.75) is 25.7 Å². The molecule has 6 heteroatoms. The highest BCUT2D eigenvalue weighted by molar-refractivity contribution is 7.13. The van der Waals surface area contributed by atoms with Crippen molar-refractivity contribution in [3.05, 3.63) is 71.2 Å². The van der Waals surface area contributed by atoms with Crippen LogP contribution in [-0.2, 0) is 11.2 Å². The van der Waals surface area contributed by atoms with Gasteiger partial charge in [-0.3, -0.25) is 9.59 Å². The molecule has 1 aliphatic heterocycles. The Morgan fingerprint density at radius 2 is 1.69 bits per heavy atom. The summed E-state index contributed by atoms with van der Waals surface area (Å²) < 4.78 is 0. The lowest BCUT2D eigenvalue weighted by atomic mass is 10.1. The summed E-state index contributed by atoms with van der Waals surface area (Å²) in [7, 11) is 0. The topological polar surface area (TPSA) is 62.3 Å². The van der Waals surface area contributed by atoms with Crippen molar-refractivity contribution in [1.82, 2.24) is 9.88 Å². The van der Waals surface area contributed by atoms with E-state index in [1.54, 1.807) is 12.1 Å². The summed E-state index contributed by atoms with van der Waals surface area (Å²) in [5.41, 5.74) is 2.88. The average molecular weight is 406 g/mol. The van der Waals surface area contributed by atoms with Crippen molar-refractivity contribution in [2.75, 3.05) is 18.4 Å². The number of carbonyl (C=O) groups excluding carboxylic acids is 2. The minimum Gasteiger partial charge on any atom is -0.339 e. The molecule has 3 aromatic rings. The van der Waals surface area contributed by atoms with Gasteiger partial charge in [-0.25, -0.2) is 4.98 Å². The molecule has 1 aromatic heterocycles. The minimum atomic E-state index is -0.172. The Bertz CT molecular complexity index is 994. The highest BCUT2D eigenvalue weighted by Gasteiger charge is 2.21. The molecule has 1 aliphatic rings. The largest absolute Gasteiger partial charge is 0.339 e. The average Bonchev–Trinajstić information content (AvgIpc) is 3.23. The molecule has 0 aliphatic carbocycles. The highest BCUT2D eigenvalue weighted by Crippen LogP contribution is 2.24. The van der Waals surface area contributed by atoms with Gasteiger partial charge in [0.15, 0.2) is 0 Å². The number of likely N-dealkylation sites (tertiary alicyclic amines) is 1. The molecule has 5 nitrogen and oxygen atoms in total. The molecule has 2 amide bonds. The van der Waals surface area contributed by atoms with Crippen molar-refractivity contribution in [3.8, 4) is 10.6 Å². The number of para-hydroxylation sites is 1. The number of anilines is 1. The maximum Gasteiger partial charge on any atom is 0.255 e. The first kappa shape index (κ1) is 19.3. The lowest BCUT2D eigenvalue weighted by Gasteiger charge is -2.27. The normalized spacial score (nSPS) is 13.9. The van der Waals surface area contributed by atoms with Crippen LogP contribution >= 0.6 is 11.3 Å². The quantitative estimate of drug-likeness (QED) is 0.674. The minimum absolute atomic E-state index is 0.0133. The van der Waals surface area contributed by atoms with E-state index in [2.05, 4.69) is 10.3 Å². The zero-order chi connectivity index (χ0) is 20.1. The number of benzene rings is 2. The summed E-state index contributed by atoms with van der Waals surface area (Å²) >= 11 is 1.53. The summed E-state index contributed by atoms with van der Waals surface area (Å²) in [6.45, 7) is 1.56. The zero-order valence-electron chi connectivity index (χ0n) is 16.1. The van der Waals surface area contributed by atoms with Crippen LogP contribution in [0.3, 0.4) is 0 Å². The number of piperidine rings is 1. The van der Waals surface area contributed by atoms with Gasteiger partial charge in [0.25, 0.3) is 5.91 Å². The number of hydrogen-bond donors (Lipinski definition) is 1. The van der Waals surface area contributed by atoms with Crippen molar-refractivity contribution < 1.29 is 9.59 Å². The van der Waals surface area contributed by atoms with E-state index in [-0.39, 0.29) is 18.2 Å². The Labute approximate surface area is 174 Å². The fourth-order valence-electron chi connectivity index (χ4n) is 3.51. The molecular formula is C23H23N3O2S. The Kier molecular flexibility index (Phi) is 6.00. The number of thiazole rings is 1. The van der Waals surface area contributed by atoms with Gasteiger partial charge in [0.05, 0.1) is 23.4 Å². The molecule has 1 N–H and O–H groups in total. The van der Waals surface area contributed by atoms with E-state index in [0.29, 0.717) is 11.3 Å². The van der Waals surface area contributed by atoms with Gasteiger partial charge >= 0.3 is 0 Å². The molecule has 1 saturated heterocycles. The lowest BCUT2D eigenvalue weighted by Crippen LogP contribution is -2.36. The summed E-state index contributed by atoms with van der Waals surface area (Å²) in [5, 5.41) is 5.71. The first-order valence-electron chi connectivity index (χ1n) is 9.89. The second kappa shape index (κ2) is 9.01. The fourth-order valence-corrected chi connectivity index (χ4v) is 4.33. The molecule has 4 rings (SSSR count). The molecule has 0 spiro atoms. The standard InChI is InChI=1S/C23H23N3O2S/c27-21(15-18-16-29-22(24-18)17-9-3-1-4-10-17)25-20-12-6-5-11-19(20)23(28)26-13-7-2-8-14-26/h1,3-6,9-12,16H,2,7-8,13-15H2,(H,25,27). The van der Waals surface area contributed by atoms with Gasteiger partial charge < -0.3 is 10.2 Å². The number of aromatic nitrogens is 1. The van der Waals surface area contributed by atoms with E-state index in [9.17, 15) is 9.59 Å². The van der Waals surface area contributed by atoms with Gasteiger partial charge in [-0.05, 0) is 31.4 Å². The lowest BCUT2D eigenvalue weighted by molar-refractivity contribution is -0.115. The summed E-state index contributed by atoms with van der Waals surface area (Å²) in [6.07, 6.45) is 3.41. The monoisotopic (exact) mass is 405 g/mol. The SMILES string of the molecule is O=C(Cc1csc(-c2ccccc2)n1)Nc1ccccc1C(=O)N1CCCCC1. The molecule has 0 radical (unpaired) electrons. The molecule has 0 atom stereocenters. The number of carbonyl (C=O) groups is 2. The maximum absolute atomic E-state index is 12.9. The summed E-state index contributed by atoms with van der Waals surface area (Å²) in [4.78, 5) is 31.9. The molecule has 0 saturated carbocycles. The molecule has 0 bridgehead atoms. The molecule has 2 aromatic carbocycles. The van der Waals surface area contributed by atoms with Crippen molar-refractivity contribution >= 4 is 28.8 Å². The molecule has 2 heterocycles. The van der Waals surface area contributed by atoms with Crippen LogP contribution in [0.2, 0.25) is 0 Å². The number of hydrogen-bond acceptors (Lipinski definition) is 4. The molecular weight excluding hydrogens is 382 g/mol. The molecule has 29 heavy (non-hydrogen) atoms.